The molecule has 0 bridgehead atoms. The van der Waals surface area contributed by atoms with E-state index in [0.717, 1.165) is 37.4 Å². The number of para-hydroxylation sites is 1. The summed E-state index contributed by atoms with van der Waals surface area (Å²) in [6.45, 7) is 5.51. The van der Waals surface area contributed by atoms with Gasteiger partial charge in [0.1, 0.15) is 0 Å². The van der Waals surface area contributed by atoms with Gasteiger partial charge in [-0.15, -0.1) is 0 Å². The molecule has 25 heavy (non-hydrogen) atoms. The second kappa shape index (κ2) is 8.60. The molecule has 0 atom stereocenters. The standard InChI is InChI=1S/C21H26N4/c1-18-20(17-25(23-18)21-10-6-3-7-11-21)16-24(15-13-22)14-12-19-8-4-2-5-9-19/h2-11,17H,12-16,22H2,1H3. The summed E-state index contributed by atoms with van der Waals surface area (Å²) in [6, 6.07) is 20.8. The lowest BCUT2D eigenvalue weighted by molar-refractivity contribution is 0.276. The van der Waals surface area contributed by atoms with Crippen molar-refractivity contribution < 1.29 is 0 Å². The van der Waals surface area contributed by atoms with Crippen molar-refractivity contribution in [2.24, 2.45) is 5.73 Å². The molecule has 0 aliphatic rings. The summed E-state index contributed by atoms with van der Waals surface area (Å²) in [4.78, 5) is 2.41. The molecule has 0 saturated carbocycles. The van der Waals surface area contributed by atoms with Crippen LogP contribution in [0.4, 0.5) is 0 Å². The van der Waals surface area contributed by atoms with Crippen molar-refractivity contribution in [2.75, 3.05) is 19.6 Å². The first-order valence-electron chi connectivity index (χ1n) is 8.83. The molecule has 0 amide bonds. The van der Waals surface area contributed by atoms with Crippen molar-refractivity contribution in [2.45, 2.75) is 19.9 Å². The van der Waals surface area contributed by atoms with Crippen molar-refractivity contribution in [3.05, 3.63) is 83.7 Å². The fourth-order valence-corrected chi connectivity index (χ4v) is 2.99. The Morgan fingerprint density at radius 1 is 0.960 bits per heavy atom. The highest BCUT2D eigenvalue weighted by molar-refractivity contribution is 5.32. The van der Waals surface area contributed by atoms with E-state index in [1.54, 1.807) is 0 Å². The molecule has 4 nitrogen and oxygen atoms in total. The molecule has 0 spiro atoms. The van der Waals surface area contributed by atoms with E-state index in [1.807, 2.05) is 22.9 Å². The molecule has 0 unspecified atom stereocenters. The number of aryl methyl sites for hydroxylation is 1. The van der Waals surface area contributed by atoms with Gasteiger partial charge in [-0.2, -0.15) is 5.10 Å². The Morgan fingerprint density at radius 3 is 2.32 bits per heavy atom. The number of benzene rings is 2. The molecule has 1 aromatic heterocycles. The predicted octanol–water partition coefficient (Wildman–Crippen LogP) is 3.18. The molecular formula is C21H26N4. The number of hydrogen-bond donors (Lipinski definition) is 1. The molecule has 3 aromatic rings. The Bertz CT molecular complexity index is 765. The third kappa shape index (κ3) is 4.78. The Kier molecular flexibility index (Phi) is 5.99. The topological polar surface area (TPSA) is 47.1 Å². The van der Waals surface area contributed by atoms with Crippen LogP contribution in [-0.4, -0.2) is 34.3 Å². The number of hydrogen-bond acceptors (Lipinski definition) is 3. The van der Waals surface area contributed by atoms with Gasteiger partial charge in [-0.3, -0.25) is 4.90 Å². The van der Waals surface area contributed by atoms with Crippen molar-refractivity contribution in [1.29, 1.82) is 0 Å². The first kappa shape index (κ1) is 17.4. The normalized spacial score (nSPS) is 11.2. The summed E-state index contributed by atoms with van der Waals surface area (Å²) < 4.78 is 1.96. The van der Waals surface area contributed by atoms with Gasteiger partial charge in [-0.1, -0.05) is 48.5 Å². The highest BCUT2D eigenvalue weighted by Gasteiger charge is 2.11. The van der Waals surface area contributed by atoms with Gasteiger partial charge in [0.15, 0.2) is 0 Å². The average Bonchev–Trinajstić information content (AvgIpc) is 3.02. The van der Waals surface area contributed by atoms with Crippen LogP contribution in [0.5, 0.6) is 0 Å². The lowest BCUT2D eigenvalue weighted by Crippen LogP contribution is -2.31. The third-order valence-electron chi connectivity index (χ3n) is 4.42. The van der Waals surface area contributed by atoms with E-state index in [4.69, 9.17) is 5.73 Å². The maximum Gasteiger partial charge on any atom is 0.0645 e. The van der Waals surface area contributed by atoms with Crippen LogP contribution in [0.1, 0.15) is 16.8 Å². The van der Waals surface area contributed by atoms with Crippen LogP contribution >= 0.6 is 0 Å². The van der Waals surface area contributed by atoms with E-state index in [0.29, 0.717) is 6.54 Å². The molecule has 0 fully saturated rings. The summed E-state index contributed by atoms with van der Waals surface area (Å²) >= 11 is 0. The second-order valence-electron chi connectivity index (χ2n) is 6.32. The van der Waals surface area contributed by atoms with E-state index in [1.165, 1.54) is 11.1 Å². The highest BCUT2D eigenvalue weighted by atomic mass is 15.3. The molecule has 0 saturated heterocycles. The summed E-state index contributed by atoms with van der Waals surface area (Å²) in [6.07, 6.45) is 3.17. The minimum atomic E-state index is 0.667. The van der Waals surface area contributed by atoms with Crippen LogP contribution in [-0.2, 0) is 13.0 Å². The predicted molar refractivity (Wildman–Crippen MR) is 103 cm³/mol. The van der Waals surface area contributed by atoms with E-state index in [-0.39, 0.29) is 0 Å². The molecule has 2 N–H and O–H groups in total. The Labute approximate surface area is 149 Å². The van der Waals surface area contributed by atoms with Crippen LogP contribution in [0.25, 0.3) is 5.69 Å². The van der Waals surface area contributed by atoms with Crippen molar-refractivity contribution in [3.8, 4) is 5.69 Å². The molecule has 0 radical (unpaired) electrons. The molecule has 2 aromatic carbocycles. The molecule has 0 aliphatic heterocycles. The van der Waals surface area contributed by atoms with Gasteiger partial charge in [0, 0.05) is 37.9 Å². The van der Waals surface area contributed by atoms with Crippen LogP contribution < -0.4 is 5.73 Å². The Hall–Kier alpha value is -2.43. The van der Waals surface area contributed by atoms with Crippen molar-refractivity contribution in [3.63, 3.8) is 0 Å². The molecule has 1 heterocycles. The lowest BCUT2D eigenvalue weighted by Gasteiger charge is -2.21. The lowest BCUT2D eigenvalue weighted by atomic mass is 10.1. The smallest absolute Gasteiger partial charge is 0.0645 e. The van der Waals surface area contributed by atoms with Crippen LogP contribution in [0, 0.1) is 6.92 Å². The summed E-state index contributed by atoms with van der Waals surface area (Å²) in [5.74, 6) is 0. The molecule has 4 heteroatoms. The zero-order chi connectivity index (χ0) is 17.5. The minimum absolute atomic E-state index is 0.667. The van der Waals surface area contributed by atoms with Crippen LogP contribution in [0.3, 0.4) is 0 Å². The second-order valence-corrected chi connectivity index (χ2v) is 6.32. The van der Waals surface area contributed by atoms with E-state index < -0.39 is 0 Å². The van der Waals surface area contributed by atoms with Gasteiger partial charge in [0.25, 0.3) is 0 Å². The number of aromatic nitrogens is 2. The van der Waals surface area contributed by atoms with Gasteiger partial charge in [0.05, 0.1) is 11.4 Å². The van der Waals surface area contributed by atoms with Gasteiger partial charge in [-0.05, 0) is 31.0 Å². The monoisotopic (exact) mass is 334 g/mol. The summed E-state index contributed by atoms with van der Waals surface area (Å²) in [5, 5.41) is 4.67. The van der Waals surface area contributed by atoms with Gasteiger partial charge in [0.2, 0.25) is 0 Å². The molecule has 130 valence electrons. The number of nitrogens with two attached hydrogens (primary N) is 1. The largest absolute Gasteiger partial charge is 0.329 e. The van der Waals surface area contributed by atoms with E-state index >= 15 is 0 Å². The zero-order valence-corrected chi connectivity index (χ0v) is 14.8. The first-order chi connectivity index (χ1) is 12.3. The maximum absolute atomic E-state index is 5.82. The highest BCUT2D eigenvalue weighted by Crippen LogP contribution is 2.14. The minimum Gasteiger partial charge on any atom is -0.329 e. The number of rotatable bonds is 8. The van der Waals surface area contributed by atoms with Crippen LogP contribution in [0.15, 0.2) is 66.9 Å². The average molecular weight is 334 g/mol. The zero-order valence-electron chi connectivity index (χ0n) is 14.8. The third-order valence-corrected chi connectivity index (χ3v) is 4.42. The maximum atomic E-state index is 5.82. The summed E-state index contributed by atoms with van der Waals surface area (Å²) in [5.41, 5.74) is 10.6. The molecular weight excluding hydrogens is 308 g/mol. The first-order valence-corrected chi connectivity index (χ1v) is 8.83. The van der Waals surface area contributed by atoms with Gasteiger partial charge < -0.3 is 5.73 Å². The summed E-state index contributed by atoms with van der Waals surface area (Å²) in [7, 11) is 0. The number of nitrogens with zero attached hydrogens (tertiary/aromatic N) is 3. The fourth-order valence-electron chi connectivity index (χ4n) is 2.99. The van der Waals surface area contributed by atoms with Crippen molar-refractivity contribution >= 4 is 0 Å². The molecule has 3 rings (SSSR count). The Morgan fingerprint density at radius 2 is 1.64 bits per heavy atom. The Balaban J connectivity index is 1.68. The van der Waals surface area contributed by atoms with Crippen LogP contribution in [0.2, 0.25) is 0 Å². The molecule has 0 aliphatic carbocycles. The SMILES string of the molecule is Cc1nn(-c2ccccc2)cc1CN(CCN)CCc1ccccc1. The van der Waals surface area contributed by atoms with Gasteiger partial charge in [-0.25, -0.2) is 4.68 Å². The van der Waals surface area contributed by atoms with Gasteiger partial charge >= 0.3 is 0 Å². The fraction of sp³-hybridized carbons (Fsp3) is 0.286. The van der Waals surface area contributed by atoms with E-state index in [9.17, 15) is 0 Å². The quantitative estimate of drug-likeness (QED) is 0.688. The van der Waals surface area contributed by atoms with E-state index in [2.05, 4.69) is 65.6 Å². The van der Waals surface area contributed by atoms with Crippen molar-refractivity contribution in [1.82, 2.24) is 14.7 Å².